The first-order valence-electron chi connectivity index (χ1n) is 3.43. The highest BCUT2D eigenvalue weighted by atomic mass is 16.9. The predicted molar refractivity (Wildman–Crippen MR) is 42.2 cm³/mol. The molecular formula is C7H9N2O3. The van der Waals surface area contributed by atoms with E-state index >= 15 is 0 Å². The molecule has 0 saturated carbocycles. The van der Waals surface area contributed by atoms with E-state index in [0.29, 0.717) is 0 Å². The number of dihydropyridines is 1. The summed E-state index contributed by atoms with van der Waals surface area (Å²) in [4.78, 5) is 14.0. The lowest BCUT2D eigenvalue weighted by molar-refractivity contribution is -0.755. The number of nitrogens with one attached hydrogen (secondary N) is 1. The van der Waals surface area contributed by atoms with E-state index in [1.807, 2.05) is 13.0 Å². The molecule has 0 bridgehead atoms. The smallest absolute Gasteiger partial charge is 0.294 e. The van der Waals surface area contributed by atoms with E-state index < -0.39 is 5.09 Å². The standard InChI is InChI=1S/C7H9N2O3/c1-6-2-3-7(4-8-6)5-12-9(10)11/h2-4,8H,5H2,1H3. The third-order valence-corrected chi connectivity index (χ3v) is 1.37. The number of nitrogens with zero attached hydrogens (tertiary/aromatic N) is 1. The van der Waals surface area contributed by atoms with Gasteiger partial charge in [0.25, 0.3) is 5.09 Å². The van der Waals surface area contributed by atoms with Crippen molar-refractivity contribution in [3.05, 3.63) is 40.1 Å². The average molecular weight is 169 g/mol. The van der Waals surface area contributed by atoms with Crippen molar-refractivity contribution in [2.24, 2.45) is 0 Å². The third kappa shape index (κ3) is 2.61. The van der Waals surface area contributed by atoms with Crippen LogP contribution < -0.4 is 5.32 Å². The van der Waals surface area contributed by atoms with Gasteiger partial charge < -0.3 is 10.2 Å². The second kappa shape index (κ2) is 3.75. The van der Waals surface area contributed by atoms with Crippen LogP contribution in [0.25, 0.3) is 0 Å². The van der Waals surface area contributed by atoms with E-state index in [0.717, 1.165) is 11.6 Å². The van der Waals surface area contributed by atoms with Gasteiger partial charge in [-0.3, -0.25) is 0 Å². The molecule has 0 unspecified atom stereocenters. The van der Waals surface area contributed by atoms with Gasteiger partial charge in [-0.05, 0) is 12.5 Å². The van der Waals surface area contributed by atoms with Gasteiger partial charge in [-0.15, -0.1) is 10.1 Å². The first kappa shape index (κ1) is 8.58. The Morgan fingerprint density at radius 2 is 2.42 bits per heavy atom. The SMILES string of the molecule is C[C]1C=CC(CO[N+](=O)[O-])=CN1. The summed E-state index contributed by atoms with van der Waals surface area (Å²) in [6.45, 7) is 1.89. The Bertz CT molecular complexity index is 235. The molecule has 1 radical (unpaired) electrons. The Morgan fingerprint density at radius 3 is 2.92 bits per heavy atom. The van der Waals surface area contributed by atoms with Crippen LogP contribution in [0.5, 0.6) is 0 Å². The van der Waals surface area contributed by atoms with Gasteiger partial charge in [0.15, 0.2) is 0 Å². The fourth-order valence-corrected chi connectivity index (χ4v) is 0.752. The maximum atomic E-state index is 9.81. The largest absolute Gasteiger partial charge is 0.379 e. The number of rotatable bonds is 3. The minimum Gasteiger partial charge on any atom is -0.379 e. The summed E-state index contributed by atoms with van der Waals surface area (Å²) in [5.74, 6) is 0. The summed E-state index contributed by atoms with van der Waals surface area (Å²) in [6.07, 6.45) is 5.28. The lowest BCUT2D eigenvalue weighted by Crippen LogP contribution is -2.15. The molecule has 0 saturated heterocycles. The van der Waals surface area contributed by atoms with Crippen LogP contribution in [0.3, 0.4) is 0 Å². The van der Waals surface area contributed by atoms with Gasteiger partial charge in [0.1, 0.15) is 6.61 Å². The van der Waals surface area contributed by atoms with Gasteiger partial charge in [0, 0.05) is 6.20 Å². The molecule has 0 atom stereocenters. The van der Waals surface area contributed by atoms with E-state index in [-0.39, 0.29) is 6.61 Å². The molecule has 0 aliphatic carbocycles. The Labute approximate surface area is 69.8 Å². The summed E-state index contributed by atoms with van der Waals surface area (Å²) < 4.78 is 0. The van der Waals surface area contributed by atoms with Crippen LogP contribution in [0.15, 0.2) is 23.9 Å². The highest BCUT2D eigenvalue weighted by Crippen LogP contribution is 2.07. The highest BCUT2D eigenvalue weighted by molar-refractivity contribution is 5.28. The fraction of sp³-hybridized carbons (Fsp3) is 0.286. The maximum Gasteiger partial charge on any atom is 0.294 e. The number of hydrogen-bond donors (Lipinski definition) is 1. The van der Waals surface area contributed by atoms with Crippen LogP contribution in [0.1, 0.15) is 6.92 Å². The zero-order valence-electron chi connectivity index (χ0n) is 6.61. The van der Waals surface area contributed by atoms with Gasteiger partial charge >= 0.3 is 0 Å². The van der Waals surface area contributed by atoms with Gasteiger partial charge in [0.2, 0.25) is 0 Å². The first-order chi connectivity index (χ1) is 5.68. The molecule has 0 spiro atoms. The van der Waals surface area contributed by atoms with Crippen LogP contribution in [0, 0.1) is 16.2 Å². The summed E-state index contributed by atoms with van der Waals surface area (Å²) in [7, 11) is 0. The molecule has 12 heavy (non-hydrogen) atoms. The Balaban J connectivity index is 2.35. The first-order valence-corrected chi connectivity index (χ1v) is 3.43. The van der Waals surface area contributed by atoms with E-state index in [2.05, 4.69) is 10.2 Å². The molecule has 5 nitrogen and oxygen atoms in total. The Hall–Kier alpha value is -1.52. The van der Waals surface area contributed by atoms with Crippen molar-refractivity contribution in [1.82, 2.24) is 5.32 Å². The van der Waals surface area contributed by atoms with Crippen LogP contribution in [-0.4, -0.2) is 11.7 Å². The van der Waals surface area contributed by atoms with E-state index in [1.165, 1.54) is 0 Å². The van der Waals surface area contributed by atoms with E-state index in [1.54, 1.807) is 12.3 Å². The van der Waals surface area contributed by atoms with E-state index in [4.69, 9.17) is 0 Å². The molecule has 1 aliphatic rings. The molecule has 1 heterocycles. The van der Waals surface area contributed by atoms with Crippen molar-refractivity contribution in [1.29, 1.82) is 0 Å². The van der Waals surface area contributed by atoms with Gasteiger partial charge in [-0.25, -0.2) is 0 Å². The monoisotopic (exact) mass is 169 g/mol. The molecule has 5 heteroatoms. The van der Waals surface area contributed by atoms with Crippen LogP contribution in [-0.2, 0) is 4.84 Å². The van der Waals surface area contributed by atoms with E-state index in [9.17, 15) is 10.1 Å². The number of hydrogen-bond acceptors (Lipinski definition) is 4. The minimum absolute atomic E-state index is 0.0101. The Morgan fingerprint density at radius 1 is 1.67 bits per heavy atom. The van der Waals surface area contributed by atoms with Gasteiger partial charge in [0.05, 0.1) is 6.04 Å². The zero-order chi connectivity index (χ0) is 8.97. The quantitative estimate of drug-likeness (QED) is 0.501. The maximum absolute atomic E-state index is 9.81. The Kier molecular flexibility index (Phi) is 2.68. The predicted octanol–water partition coefficient (Wildman–Crippen LogP) is 0.790. The van der Waals surface area contributed by atoms with Crippen LogP contribution in [0.2, 0.25) is 0 Å². The summed E-state index contributed by atoms with van der Waals surface area (Å²) >= 11 is 0. The second-order valence-electron chi connectivity index (χ2n) is 2.38. The zero-order valence-corrected chi connectivity index (χ0v) is 6.61. The molecule has 65 valence electrons. The van der Waals surface area contributed by atoms with Crippen LogP contribution in [0.4, 0.5) is 0 Å². The molecular weight excluding hydrogens is 160 g/mol. The molecule has 1 aliphatic heterocycles. The van der Waals surface area contributed by atoms with Crippen molar-refractivity contribution in [2.75, 3.05) is 6.61 Å². The van der Waals surface area contributed by atoms with Crippen molar-refractivity contribution < 1.29 is 9.92 Å². The van der Waals surface area contributed by atoms with Gasteiger partial charge in [-0.1, -0.05) is 12.2 Å². The average Bonchev–Trinajstić information content (AvgIpc) is 2.03. The molecule has 1 rings (SSSR count). The topological polar surface area (TPSA) is 64.4 Å². The molecule has 0 amide bonds. The van der Waals surface area contributed by atoms with Gasteiger partial charge in [-0.2, -0.15) is 0 Å². The molecule has 0 aromatic carbocycles. The lowest BCUT2D eigenvalue weighted by Gasteiger charge is -2.12. The molecule has 1 N–H and O–H groups in total. The summed E-state index contributed by atoms with van der Waals surface area (Å²) in [6, 6.07) is 1.000. The minimum atomic E-state index is -0.806. The van der Waals surface area contributed by atoms with Crippen molar-refractivity contribution >= 4 is 0 Å². The van der Waals surface area contributed by atoms with Crippen molar-refractivity contribution in [3.8, 4) is 0 Å². The highest BCUT2D eigenvalue weighted by Gasteiger charge is 2.04. The summed E-state index contributed by atoms with van der Waals surface area (Å²) in [5.41, 5.74) is 0.748. The third-order valence-electron chi connectivity index (χ3n) is 1.37. The molecule has 0 aromatic rings. The lowest BCUT2D eigenvalue weighted by atomic mass is 10.2. The fourth-order valence-electron chi connectivity index (χ4n) is 0.752. The van der Waals surface area contributed by atoms with Crippen molar-refractivity contribution in [3.63, 3.8) is 0 Å². The molecule has 0 fully saturated rings. The molecule has 0 aromatic heterocycles. The van der Waals surface area contributed by atoms with Crippen molar-refractivity contribution in [2.45, 2.75) is 6.92 Å². The second-order valence-corrected chi connectivity index (χ2v) is 2.38. The summed E-state index contributed by atoms with van der Waals surface area (Å²) in [5, 5.41) is 11.9. The normalized spacial score (nSPS) is 16.6. The van der Waals surface area contributed by atoms with Crippen LogP contribution >= 0.6 is 0 Å².